The number of nitrogens with one attached hydrogen (secondary N) is 1. The SMILES string of the molecule is CC(C)[C@H]1C(=O)N(CC(=O)N[C@@H](Cc2ccccc2)C(=O)C(=O)O)C(c2ccccc2)=CN1S(C)(=O)=O. The van der Waals surface area contributed by atoms with Gasteiger partial charge in [-0.05, 0) is 17.0 Å². The number of carboxylic acids is 1. The van der Waals surface area contributed by atoms with Crippen LogP contribution < -0.4 is 5.32 Å². The Balaban J connectivity index is 1.96. The summed E-state index contributed by atoms with van der Waals surface area (Å²) in [7, 11) is -3.82. The van der Waals surface area contributed by atoms with Crippen LogP contribution in [-0.2, 0) is 35.6 Å². The number of aliphatic carboxylic acids is 1. The minimum absolute atomic E-state index is 0.0521. The Kier molecular flexibility index (Phi) is 8.49. The van der Waals surface area contributed by atoms with Crippen molar-refractivity contribution in [1.29, 1.82) is 0 Å². The summed E-state index contributed by atoms with van der Waals surface area (Å²) in [6, 6.07) is 14.7. The zero-order chi connectivity index (χ0) is 27.3. The van der Waals surface area contributed by atoms with Crippen LogP contribution in [0.1, 0.15) is 25.0 Å². The van der Waals surface area contributed by atoms with Crippen molar-refractivity contribution in [3.05, 3.63) is 78.0 Å². The molecule has 2 aromatic rings. The molecular weight excluding hydrogens is 498 g/mol. The number of amides is 2. The van der Waals surface area contributed by atoms with Crippen molar-refractivity contribution in [2.75, 3.05) is 12.8 Å². The molecule has 0 bridgehead atoms. The average molecular weight is 528 g/mol. The molecule has 3 rings (SSSR count). The fourth-order valence-electron chi connectivity index (χ4n) is 4.13. The van der Waals surface area contributed by atoms with Gasteiger partial charge in [-0.3, -0.25) is 23.6 Å². The summed E-state index contributed by atoms with van der Waals surface area (Å²) in [5, 5.41) is 11.7. The van der Waals surface area contributed by atoms with Crippen LogP contribution >= 0.6 is 0 Å². The van der Waals surface area contributed by atoms with Gasteiger partial charge in [0.1, 0.15) is 18.6 Å². The normalized spacial score (nSPS) is 16.8. The second-order valence-electron chi connectivity index (χ2n) is 9.07. The molecule has 37 heavy (non-hydrogen) atoms. The number of hydrogen-bond donors (Lipinski definition) is 2. The van der Waals surface area contributed by atoms with E-state index in [0.717, 1.165) is 10.6 Å². The number of nitrogens with zero attached hydrogens (tertiary/aromatic N) is 2. The lowest BCUT2D eigenvalue weighted by molar-refractivity contribution is -0.150. The molecule has 0 spiro atoms. The van der Waals surface area contributed by atoms with E-state index in [1.54, 1.807) is 74.5 Å². The first kappa shape index (κ1) is 27.6. The van der Waals surface area contributed by atoms with Crippen LogP contribution in [0.5, 0.6) is 0 Å². The lowest BCUT2D eigenvalue weighted by atomic mass is 9.99. The van der Waals surface area contributed by atoms with E-state index in [9.17, 15) is 32.7 Å². The standard InChI is InChI=1S/C26H29N3O7S/c1-17(2)23-25(32)28(21(15-29(23)37(3,35)36)19-12-8-5-9-13-19)16-22(30)27-20(24(31)26(33)34)14-18-10-6-4-7-11-18/h4-13,15,17,20,23H,14,16H2,1-3H3,(H,27,30)(H,33,34)/t20-,23-/m0/s1. The predicted octanol–water partition coefficient (Wildman–Crippen LogP) is 1.49. The van der Waals surface area contributed by atoms with Crippen molar-refractivity contribution >= 4 is 39.3 Å². The Morgan fingerprint density at radius 1 is 1.00 bits per heavy atom. The number of carbonyl (C=O) groups excluding carboxylic acids is 3. The van der Waals surface area contributed by atoms with Gasteiger partial charge in [0.2, 0.25) is 15.9 Å². The van der Waals surface area contributed by atoms with E-state index in [4.69, 9.17) is 0 Å². The summed E-state index contributed by atoms with van der Waals surface area (Å²) in [6.07, 6.45) is 2.28. The molecule has 0 saturated heterocycles. The van der Waals surface area contributed by atoms with E-state index >= 15 is 0 Å². The number of rotatable bonds is 10. The predicted molar refractivity (Wildman–Crippen MR) is 136 cm³/mol. The number of sulfonamides is 1. The third-order valence-corrected chi connectivity index (χ3v) is 6.96. The van der Waals surface area contributed by atoms with Crippen LogP contribution in [0.15, 0.2) is 66.9 Å². The van der Waals surface area contributed by atoms with Crippen molar-refractivity contribution in [2.45, 2.75) is 32.4 Å². The highest BCUT2D eigenvalue weighted by Crippen LogP contribution is 2.31. The first-order valence-corrected chi connectivity index (χ1v) is 13.4. The van der Waals surface area contributed by atoms with Crippen LogP contribution in [-0.4, -0.2) is 71.2 Å². The third kappa shape index (κ3) is 6.62. The van der Waals surface area contributed by atoms with Gasteiger partial charge in [0.05, 0.1) is 12.0 Å². The maximum atomic E-state index is 13.6. The number of carbonyl (C=O) groups is 4. The smallest absolute Gasteiger partial charge is 0.374 e. The van der Waals surface area contributed by atoms with Gasteiger partial charge in [0.25, 0.3) is 11.7 Å². The molecule has 2 N–H and O–H groups in total. The summed E-state index contributed by atoms with van der Waals surface area (Å²) in [4.78, 5) is 51.6. The van der Waals surface area contributed by atoms with Gasteiger partial charge in [0, 0.05) is 12.6 Å². The Morgan fingerprint density at radius 2 is 1.57 bits per heavy atom. The molecule has 1 aliphatic rings. The van der Waals surface area contributed by atoms with E-state index in [1.807, 2.05) is 0 Å². The highest BCUT2D eigenvalue weighted by molar-refractivity contribution is 7.88. The van der Waals surface area contributed by atoms with Gasteiger partial charge in [-0.2, -0.15) is 0 Å². The average Bonchev–Trinajstić information content (AvgIpc) is 2.84. The van der Waals surface area contributed by atoms with Crippen molar-refractivity contribution in [1.82, 2.24) is 14.5 Å². The molecule has 0 radical (unpaired) electrons. The summed E-state index contributed by atoms with van der Waals surface area (Å²) < 4.78 is 26.1. The van der Waals surface area contributed by atoms with Gasteiger partial charge < -0.3 is 10.4 Å². The first-order valence-electron chi connectivity index (χ1n) is 11.6. The maximum absolute atomic E-state index is 13.6. The maximum Gasteiger partial charge on any atom is 0.374 e. The number of ketones is 1. The number of benzene rings is 2. The lowest BCUT2D eigenvalue weighted by Crippen LogP contribution is -2.57. The summed E-state index contributed by atoms with van der Waals surface area (Å²) in [5.74, 6) is -4.67. The molecule has 11 heteroatoms. The Labute approximate surface area is 215 Å². The fraction of sp³-hybridized carbons (Fsp3) is 0.308. The Hall–Kier alpha value is -3.99. The molecule has 0 fully saturated rings. The van der Waals surface area contributed by atoms with Crippen LogP contribution in [0.4, 0.5) is 0 Å². The molecule has 196 valence electrons. The van der Waals surface area contributed by atoms with E-state index in [2.05, 4.69) is 5.32 Å². The second-order valence-corrected chi connectivity index (χ2v) is 11.0. The van der Waals surface area contributed by atoms with Crippen molar-refractivity contribution in [3.63, 3.8) is 0 Å². The van der Waals surface area contributed by atoms with Crippen molar-refractivity contribution in [2.24, 2.45) is 5.92 Å². The van der Waals surface area contributed by atoms with E-state index in [0.29, 0.717) is 11.1 Å². The zero-order valence-electron chi connectivity index (χ0n) is 20.7. The lowest BCUT2D eigenvalue weighted by Gasteiger charge is -2.40. The quantitative estimate of drug-likeness (QED) is 0.446. The number of Topliss-reactive ketones (excluding diaryl/α,β-unsaturated/α-hetero) is 1. The molecule has 1 aliphatic heterocycles. The monoisotopic (exact) mass is 527 g/mol. The molecule has 2 amide bonds. The molecule has 0 aliphatic carbocycles. The highest BCUT2D eigenvalue weighted by atomic mass is 32.2. The third-order valence-electron chi connectivity index (χ3n) is 5.86. The van der Waals surface area contributed by atoms with Gasteiger partial charge in [0.15, 0.2) is 0 Å². The molecule has 0 saturated carbocycles. The first-order chi connectivity index (χ1) is 17.4. The molecule has 10 nitrogen and oxygen atoms in total. The molecule has 0 unspecified atom stereocenters. The van der Waals surface area contributed by atoms with E-state index in [-0.39, 0.29) is 12.1 Å². The summed E-state index contributed by atoms with van der Waals surface area (Å²) >= 11 is 0. The van der Waals surface area contributed by atoms with Crippen LogP contribution in [0.2, 0.25) is 0 Å². The van der Waals surface area contributed by atoms with Crippen LogP contribution in [0, 0.1) is 5.92 Å². The molecule has 2 aromatic carbocycles. The largest absolute Gasteiger partial charge is 0.475 e. The summed E-state index contributed by atoms with van der Waals surface area (Å²) in [5.41, 5.74) is 1.33. The van der Waals surface area contributed by atoms with E-state index in [1.165, 1.54) is 11.1 Å². The van der Waals surface area contributed by atoms with Gasteiger partial charge >= 0.3 is 5.97 Å². The minimum Gasteiger partial charge on any atom is -0.475 e. The fourth-order valence-corrected chi connectivity index (χ4v) is 5.17. The minimum atomic E-state index is -3.82. The molecule has 1 heterocycles. The Bertz CT molecular complexity index is 1310. The van der Waals surface area contributed by atoms with Gasteiger partial charge in [-0.25, -0.2) is 13.2 Å². The molecular formula is C26H29N3O7S. The Morgan fingerprint density at radius 3 is 2.08 bits per heavy atom. The van der Waals surface area contributed by atoms with Crippen molar-refractivity contribution in [3.8, 4) is 0 Å². The van der Waals surface area contributed by atoms with Crippen LogP contribution in [0.25, 0.3) is 5.70 Å². The molecule has 2 atom stereocenters. The van der Waals surface area contributed by atoms with E-state index < -0.39 is 58.1 Å². The van der Waals surface area contributed by atoms with Crippen LogP contribution in [0.3, 0.4) is 0 Å². The highest BCUT2D eigenvalue weighted by Gasteiger charge is 2.42. The summed E-state index contributed by atoms with van der Waals surface area (Å²) in [6.45, 7) is 2.85. The van der Waals surface area contributed by atoms with Crippen molar-refractivity contribution < 1.29 is 32.7 Å². The number of carboxylic acid groups (broad SMARTS) is 1. The topological polar surface area (TPSA) is 141 Å². The number of hydrogen-bond acceptors (Lipinski definition) is 6. The van der Waals surface area contributed by atoms with Gasteiger partial charge in [-0.15, -0.1) is 0 Å². The van der Waals surface area contributed by atoms with Gasteiger partial charge in [-0.1, -0.05) is 74.5 Å². The zero-order valence-corrected chi connectivity index (χ0v) is 21.5. The second kappa shape index (κ2) is 11.4. The molecule has 0 aromatic heterocycles.